The van der Waals surface area contributed by atoms with Gasteiger partial charge in [-0.3, -0.25) is 9.59 Å². The van der Waals surface area contributed by atoms with Crippen molar-refractivity contribution in [2.24, 2.45) is 29.6 Å². The number of amides is 2. The van der Waals surface area contributed by atoms with Crippen LogP contribution >= 0.6 is 11.8 Å². The molecule has 140 valence electrons. The molecule has 5 rings (SSSR count). The minimum Gasteiger partial charge on any atom is -0.336 e. The van der Waals surface area contributed by atoms with Gasteiger partial charge in [0.05, 0.1) is 12.2 Å². The zero-order chi connectivity index (χ0) is 18.3. The van der Waals surface area contributed by atoms with E-state index in [1.165, 1.54) is 32.1 Å². The van der Waals surface area contributed by atoms with Crippen molar-refractivity contribution in [3.8, 4) is 0 Å². The fourth-order valence-electron chi connectivity index (χ4n) is 5.81. The van der Waals surface area contributed by atoms with Crippen molar-refractivity contribution in [3.63, 3.8) is 0 Å². The van der Waals surface area contributed by atoms with Gasteiger partial charge in [-0.05, 0) is 74.2 Å². The number of carbonyl (C=O) groups excluding carboxylic acids is 2. The first kappa shape index (κ1) is 17.9. The van der Waals surface area contributed by atoms with E-state index in [-0.39, 0.29) is 24.3 Å². The number of nitrogens with one attached hydrogen (secondary N) is 1. The number of anilines is 1. The molecule has 1 N–H and O–H groups in total. The quantitative estimate of drug-likeness (QED) is 0.798. The molecule has 1 aromatic rings. The van der Waals surface area contributed by atoms with Gasteiger partial charge in [0, 0.05) is 17.9 Å². The minimum absolute atomic E-state index is 0.119. The molecule has 0 aromatic heterocycles. The van der Waals surface area contributed by atoms with Gasteiger partial charge in [0.2, 0.25) is 11.8 Å². The topological polar surface area (TPSA) is 49.4 Å². The second-order valence-electron chi connectivity index (χ2n) is 8.40. The first-order valence-electron chi connectivity index (χ1n) is 9.73. The number of nitrogens with zero attached hydrogens (tertiary/aromatic N) is 1. The minimum atomic E-state index is -0.119. The number of carbonyl (C=O) groups is 2. The SMILES string of the molecule is CSc1ccccc1NC(=O)CN(C)C(=O)C1C2CC3CC(C2)CC1C3. The maximum absolute atomic E-state index is 13.1. The van der Waals surface area contributed by atoms with Crippen LogP contribution in [0, 0.1) is 29.6 Å². The fraction of sp³-hybridized carbons (Fsp3) is 0.619. The molecule has 0 saturated heterocycles. The van der Waals surface area contributed by atoms with Crippen LogP contribution in [0.1, 0.15) is 32.1 Å². The average molecular weight is 373 g/mol. The molecule has 4 saturated carbocycles. The maximum Gasteiger partial charge on any atom is 0.244 e. The molecule has 4 bridgehead atoms. The number of benzene rings is 1. The Kier molecular flexibility index (Phi) is 5.00. The molecule has 0 aliphatic heterocycles. The molecule has 26 heavy (non-hydrogen) atoms. The Morgan fingerprint density at radius 3 is 2.31 bits per heavy atom. The van der Waals surface area contributed by atoms with Gasteiger partial charge in [-0.15, -0.1) is 11.8 Å². The summed E-state index contributed by atoms with van der Waals surface area (Å²) < 4.78 is 0. The average Bonchev–Trinajstić information content (AvgIpc) is 2.61. The van der Waals surface area contributed by atoms with Gasteiger partial charge in [-0.2, -0.15) is 0 Å². The Balaban J connectivity index is 1.38. The van der Waals surface area contributed by atoms with Gasteiger partial charge in [0.15, 0.2) is 0 Å². The lowest BCUT2D eigenvalue weighted by Crippen LogP contribution is -2.52. The molecule has 0 spiro atoms. The molecule has 0 heterocycles. The van der Waals surface area contributed by atoms with Crippen LogP contribution in [0.3, 0.4) is 0 Å². The van der Waals surface area contributed by atoms with Crippen LogP contribution in [-0.4, -0.2) is 36.6 Å². The van der Waals surface area contributed by atoms with E-state index in [0.29, 0.717) is 11.8 Å². The van der Waals surface area contributed by atoms with E-state index < -0.39 is 0 Å². The molecular formula is C21H28N2O2S. The second kappa shape index (κ2) is 7.26. The zero-order valence-corrected chi connectivity index (χ0v) is 16.4. The van der Waals surface area contributed by atoms with E-state index in [0.717, 1.165) is 22.4 Å². The molecule has 0 atom stereocenters. The second-order valence-corrected chi connectivity index (χ2v) is 9.25. The van der Waals surface area contributed by atoms with Crippen molar-refractivity contribution in [3.05, 3.63) is 24.3 Å². The van der Waals surface area contributed by atoms with Crippen molar-refractivity contribution in [2.75, 3.05) is 25.2 Å². The predicted molar refractivity (Wildman–Crippen MR) is 105 cm³/mol. The molecule has 0 unspecified atom stereocenters. The Morgan fingerprint density at radius 2 is 1.69 bits per heavy atom. The number of thioether (sulfide) groups is 1. The molecule has 4 aliphatic carbocycles. The molecule has 1 aromatic carbocycles. The lowest BCUT2D eigenvalue weighted by atomic mass is 9.51. The van der Waals surface area contributed by atoms with Gasteiger partial charge in [-0.25, -0.2) is 0 Å². The van der Waals surface area contributed by atoms with Gasteiger partial charge in [-0.1, -0.05) is 12.1 Å². The van der Waals surface area contributed by atoms with Crippen LogP contribution in [0.15, 0.2) is 29.2 Å². The predicted octanol–water partition coefficient (Wildman–Crippen LogP) is 3.88. The largest absolute Gasteiger partial charge is 0.336 e. The molecule has 2 amide bonds. The highest BCUT2D eigenvalue weighted by molar-refractivity contribution is 7.98. The summed E-state index contributed by atoms with van der Waals surface area (Å²) in [6, 6.07) is 7.77. The van der Waals surface area contributed by atoms with Crippen molar-refractivity contribution in [1.29, 1.82) is 0 Å². The molecule has 0 radical (unpaired) electrons. The number of hydrogen-bond acceptors (Lipinski definition) is 3. The third-order valence-corrected chi connectivity index (χ3v) is 7.45. The lowest BCUT2D eigenvalue weighted by Gasteiger charge is -2.54. The number of rotatable bonds is 5. The highest BCUT2D eigenvalue weighted by Gasteiger charge is 2.51. The molecule has 4 nitrogen and oxygen atoms in total. The summed E-state index contributed by atoms with van der Waals surface area (Å²) in [7, 11) is 1.79. The Morgan fingerprint density at radius 1 is 1.08 bits per heavy atom. The van der Waals surface area contributed by atoms with Crippen molar-refractivity contribution >= 4 is 29.3 Å². The normalized spacial score (nSPS) is 31.7. The number of para-hydroxylation sites is 1. The standard InChI is InChI=1S/C21H28N2O2S/c1-23(12-19(24)22-17-5-3-4-6-18(17)26-2)21(25)20-15-8-13-7-14(10-15)11-16(20)9-13/h3-6,13-16,20H,7-12H2,1-2H3,(H,22,24). The summed E-state index contributed by atoms with van der Waals surface area (Å²) in [6.45, 7) is 0.129. The van der Waals surface area contributed by atoms with Crippen LogP contribution < -0.4 is 5.32 Å². The summed E-state index contributed by atoms with van der Waals surface area (Å²) in [5.74, 6) is 3.05. The Labute approximate surface area is 160 Å². The van der Waals surface area contributed by atoms with Gasteiger partial charge < -0.3 is 10.2 Å². The fourth-order valence-corrected chi connectivity index (χ4v) is 6.37. The highest BCUT2D eigenvalue weighted by atomic mass is 32.2. The third-order valence-electron chi connectivity index (χ3n) is 6.65. The van der Waals surface area contributed by atoms with Crippen molar-refractivity contribution in [2.45, 2.75) is 37.0 Å². The van der Waals surface area contributed by atoms with E-state index in [1.807, 2.05) is 30.5 Å². The Hall–Kier alpha value is -1.49. The van der Waals surface area contributed by atoms with Crippen molar-refractivity contribution in [1.82, 2.24) is 4.90 Å². The van der Waals surface area contributed by atoms with Gasteiger partial charge in [0.1, 0.15) is 0 Å². The van der Waals surface area contributed by atoms with E-state index in [9.17, 15) is 9.59 Å². The van der Waals surface area contributed by atoms with E-state index >= 15 is 0 Å². The molecule has 5 heteroatoms. The van der Waals surface area contributed by atoms with Crippen molar-refractivity contribution < 1.29 is 9.59 Å². The van der Waals surface area contributed by atoms with E-state index in [4.69, 9.17) is 0 Å². The maximum atomic E-state index is 13.1. The molecule has 4 fully saturated rings. The van der Waals surface area contributed by atoms with Gasteiger partial charge >= 0.3 is 0 Å². The smallest absolute Gasteiger partial charge is 0.244 e. The number of likely N-dealkylation sites (N-methyl/N-ethyl adjacent to an activating group) is 1. The zero-order valence-electron chi connectivity index (χ0n) is 15.6. The first-order valence-corrected chi connectivity index (χ1v) is 11.0. The summed E-state index contributed by atoms with van der Waals surface area (Å²) in [6.07, 6.45) is 8.29. The van der Waals surface area contributed by atoms with E-state index in [2.05, 4.69) is 5.32 Å². The van der Waals surface area contributed by atoms with Crippen LogP contribution in [0.5, 0.6) is 0 Å². The summed E-state index contributed by atoms with van der Waals surface area (Å²) >= 11 is 1.61. The number of hydrogen-bond donors (Lipinski definition) is 1. The first-order chi connectivity index (χ1) is 12.5. The van der Waals surface area contributed by atoms with Crippen LogP contribution in [0.4, 0.5) is 5.69 Å². The summed E-state index contributed by atoms with van der Waals surface area (Å²) in [4.78, 5) is 28.3. The van der Waals surface area contributed by atoms with E-state index in [1.54, 1.807) is 23.7 Å². The highest BCUT2D eigenvalue weighted by Crippen LogP contribution is 2.56. The Bertz CT molecular complexity index is 677. The van der Waals surface area contributed by atoms with Crippen LogP contribution in [0.25, 0.3) is 0 Å². The monoisotopic (exact) mass is 372 g/mol. The van der Waals surface area contributed by atoms with Gasteiger partial charge in [0.25, 0.3) is 0 Å². The summed E-state index contributed by atoms with van der Waals surface area (Å²) in [5.41, 5.74) is 0.820. The molecule has 4 aliphatic rings. The lowest BCUT2D eigenvalue weighted by molar-refractivity contribution is -0.149. The van der Waals surface area contributed by atoms with Crippen LogP contribution in [-0.2, 0) is 9.59 Å². The van der Waals surface area contributed by atoms with Crippen LogP contribution in [0.2, 0.25) is 0 Å². The summed E-state index contributed by atoms with van der Waals surface area (Å²) in [5, 5.41) is 2.96. The third kappa shape index (κ3) is 3.38. The molecular weight excluding hydrogens is 344 g/mol.